The third-order valence-corrected chi connectivity index (χ3v) is 3.93. The normalized spacial score (nSPS) is 10.6. The molecule has 1 amide bonds. The van der Waals surface area contributed by atoms with E-state index < -0.39 is 0 Å². The monoisotopic (exact) mass is 314 g/mol. The molecule has 1 aromatic carbocycles. The lowest BCUT2D eigenvalue weighted by Crippen LogP contribution is -2.23. The summed E-state index contributed by atoms with van der Waals surface area (Å²) < 4.78 is 5.50. The van der Waals surface area contributed by atoms with Crippen LogP contribution in [0.1, 0.15) is 21.8 Å². The van der Waals surface area contributed by atoms with E-state index in [4.69, 9.17) is 4.42 Å². The fraction of sp³-hybridized carbons (Fsp3) is 0.125. The predicted octanol–water partition coefficient (Wildman–Crippen LogP) is 3.35. The van der Waals surface area contributed by atoms with Gasteiger partial charge in [-0.1, -0.05) is 12.1 Å². The summed E-state index contributed by atoms with van der Waals surface area (Å²) in [5.74, 6) is 1.44. The molecule has 2 aromatic heterocycles. The number of carbonyl (C=O) groups excluding carboxylic acids is 1. The lowest BCUT2D eigenvalue weighted by atomic mass is 10.2. The maximum absolute atomic E-state index is 12.1. The topological polar surface area (TPSA) is 75.4 Å². The van der Waals surface area contributed by atoms with Crippen LogP contribution in [0.5, 0.6) is 5.75 Å². The van der Waals surface area contributed by atoms with E-state index in [1.54, 1.807) is 29.6 Å². The van der Waals surface area contributed by atoms with Crippen molar-refractivity contribution < 1.29 is 14.3 Å². The zero-order chi connectivity index (χ0) is 15.5. The molecule has 0 aliphatic rings. The van der Waals surface area contributed by atoms with Gasteiger partial charge in [0.15, 0.2) is 10.8 Å². The van der Waals surface area contributed by atoms with Crippen LogP contribution in [0, 0.1) is 6.92 Å². The summed E-state index contributed by atoms with van der Waals surface area (Å²) in [4.78, 5) is 16.4. The quantitative estimate of drug-likeness (QED) is 0.774. The highest BCUT2D eigenvalue weighted by Gasteiger charge is 2.13. The number of hydrogen-bond acceptors (Lipinski definition) is 5. The van der Waals surface area contributed by atoms with Gasteiger partial charge in [0, 0.05) is 11.9 Å². The molecule has 0 saturated carbocycles. The van der Waals surface area contributed by atoms with E-state index in [-0.39, 0.29) is 11.7 Å². The summed E-state index contributed by atoms with van der Waals surface area (Å²) >= 11 is 1.37. The van der Waals surface area contributed by atoms with Gasteiger partial charge in [-0.3, -0.25) is 4.79 Å². The van der Waals surface area contributed by atoms with E-state index in [0.29, 0.717) is 23.0 Å². The van der Waals surface area contributed by atoms with E-state index in [2.05, 4.69) is 10.3 Å². The number of amides is 1. The van der Waals surface area contributed by atoms with Gasteiger partial charge in [-0.05, 0) is 36.8 Å². The number of phenolic OH excluding ortho intramolecular Hbond substituents is 1. The number of nitrogens with zero attached hydrogens (tertiary/aromatic N) is 1. The maximum atomic E-state index is 12.1. The van der Waals surface area contributed by atoms with Gasteiger partial charge >= 0.3 is 0 Å². The zero-order valence-electron chi connectivity index (χ0n) is 11.9. The molecule has 6 heteroatoms. The molecule has 0 unspecified atom stereocenters. The van der Waals surface area contributed by atoms with E-state index in [0.717, 1.165) is 11.3 Å². The summed E-state index contributed by atoms with van der Waals surface area (Å²) in [7, 11) is 0. The fourth-order valence-electron chi connectivity index (χ4n) is 1.93. The summed E-state index contributed by atoms with van der Waals surface area (Å²) in [5.41, 5.74) is 1.27. The van der Waals surface area contributed by atoms with Crippen molar-refractivity contribution in [3.05, 3.63) is 58.8 Å². The number of furan rings is 1. The Kier molecular flexibility index (Phi) is 3.93. The van der Waals surface area contributed by atoms with Gasteiger partial charge in [0.2, 0.25) is 0 Å². The van der Waals surface area contributed by atoms with Crippen molar-refractivity contribution in [3.8, 4) is 16.5 Å². The van der Waals surface area contributed by atoms with E-state index in [9.17, 15) is 9.90 Å². The van der Waals surface area contributed by atoms with Crippen molar-refractivity contribution in [3.63, 3.8) is 0 Å². The molecular formula is C16H14N2O3S. The first kappa shape index (κ1) is 14.3. The van der Waals surface area contributed by atoms with Gasteiger partial charge in [0.25, 0.3) is 5.91 Å². The van der Waals surface area contributed by atoms with Crippen LogP contribution in [0.25, 0.3) is 10.8 Å². The second-order valence-electron chi connectivity index (χ2n) is 4.80. The largest absolute Gasteiger partial charge is 0.508 e. The van der Waals surface area contributed by atoms with Gasteiger partial charge in [-0.15, -0.1) is 11.3 Å². The Morgan fingerprint density at radius 1 is 1.27 bits per heavy atom. The van der Waals surface area contributed by atoms with Crippen molar-refractivity contribution in [1.29, 1.82) is 0 Å². The number of aryl methyl sites for hydroxylation is 1. The molecule has 0 radical (unpaired) electrons. The second-order valence-corrected chi connectivity index (χ2v) is 5.66. The predicted molar refractivity (Wildman–Crippen MR) is 83.8 cm³/mol. The van der Waals surface area contributed by atoms with Crippen LogP contribution >= 0.6 is 11.3 Å². The SMILES string of the molecule is Cc1ccc(-c2nc(C(=O)NCc3ccc(O)cc3)cs2)o1. The molecule has 2 heterocycles. The van der Waals surface area contributed by atoms with E-state index in [1.165, 1.54) is 11.3 Å². The van der Waals surface area contributed by atoms with Crippen LogP contribution in [0.4, 0.5) is 0 Å². The van der Waals surface area contributed by atoms with Crippen molar-refractivity contribution in [1.82, 2.24) is 10.3 Å². The number of rotatable bonds is 4. The molecule has 0 spiro atoms. The number of thiazole rings is 1. The van der Waals surface area contributed by atoms with Crippen LogP contribution in [0.2, 0.25) is 0 Å². The minimum atomic E-state index is -0.237. The molecule has 0 atom stereocenters. The number of aromatic hydroxyl groups is 1. The molecule has 0 fully saturated rings. The number of hydrogen-bond donors (Lipinski definition) is 2. The second kappa shape index (κ2) is 6.03. The van der Waals surface area contributed by atoms with Gasteiger partial charge in [-0.2, -0.15) is 0 Å². The first-order valence-electron chi connectivity index (χ1n) is 6.70. The molecule has 0 aliphatic heterocycles. The summed E-state index contributed by atoms with van der Waals surface area (Å²) in [6.45, 7) is 2.24. The summed E-state index contributed by atoms with van der Waals surface area (Å²) in [5, 5.41) is 14.4. The highest BCUT2D eigenvalue weighted by atomic mass is 32.1. The van der Waals surface area contributed by atoms with Crippen LogP contribution in [0.3, 0.4) is 0 Å². The molecule has 5 nitrogen and oxygen atoms in total. The third-order valence-electron chi connectivity index (χ3n) is 3.08. The molecule has 3 aromatic rings. The van der Waals surface area contributed by atoms with Gasteiger partial charge in [-0.25, -0.2) is 4.98 Å². The van der Waals surface area contributed by atoms with E-state index >= 15 is 0 Å². The van der Waals surface area contributed by atoms with Crippen LogP contribution in [-0.2, 0) is 6.54 Å². The lowest BCUT2D eigenvalue weighted by Gasteiger charge is -2.03. The zero-order valence-corrected chi connectivity index (χ0v) is 12.7. The average molecular weight is 314 g/mol. The molecule has 112 valence electrons. The Hall–Kier alpha value is -2.60. The van der Waals surface area contributed by atoms with Gasteiger partial charge in [0.1, 0.15) is 17.2 Å². The molecule has 3 rings (SSSR count). The van der Waals surface area contributed by atoms with Crippen molar-refractivity contribution in [2.75, 3.05) is 0 Å². The highest BCUT2D eigenvalue weighted by molar-refractivity contribution is 7.13. The van der Waals surface area contributed by atoms with Crippen LogP contribution < -0.4 is 5.32 Å². The minimum Gasteiger partial charge on any atom is -0.508 e. The molecule has 2 N–H and O–H groups in total. The number of carbonyl (C=O) groups is 1. The van der Waals surface area contributed by atoms with Gasteiger partial charge in [0.05, 0.1) is 0 Å². The average Bonchev–Trinajstić information content (AvgIpc) is 3.15. The van der Waals surface area contributed by atoms with Crippen molar-refractivity contribution >= 4 is 17.2 Å². The fourth-order valence-corrected chi connectivity index (χ4v) is 2.69. The van der Waals surface area contributed by atoms with Crippen LogP contribution in [-0.4, -0.2) is 16.0 Å². The first-order chi connectivity index (χ1) is 10.6. The Morgan fingerprint density at radius 3 is 2.73 bits per heavy atom. The third kappa shape index (κ3) is 3.17. The number of phenols is 1. The summed E-state index contributed by atoms with van der Waals surface area (Å²) in [6.07, 6.45) is 0. The summed E-state index contributed by atoms with van der Waals surface area (Å²) in [6, 6.07) is 10.4. The number of aromatic nitrogens is 1. The highest BCUT2D eigenvalue weighted by Crippen LogP contribution is 2.25. The molecular weight excluding hydrogens is 300 g/mol. The number of benzene rings is 1. The lowest BCUT2D eigenvalue weighted by molar-refractivity contribution is 0.0946. The molecule has 0 bridgehead atoms. The Bertz CT molecular complexity index is 790. The maximum Gasteiger partial charge on any atom is 0.271 e. The Balaban J connectivity index is 1.65. The first-order valence-corrected chi connectivity index (χ1v) is 7.58. The molecule has 0 saturated heterocycles. The number of nitrogens with one attached hydrogen (secondary N) is 1. The molecule has 22 heavy (non-hydrogen) atoms. The van der Waals surface area contributed by atoms with E-state index in [1.807, 2.05) is 19.1 Å². The van der Waals surface area contributed by atoms with Gasteiger partial charge < -0.3 is 14.8 Å². The van der Waals surface area contributed by atoms with Crippen molar-refractivity contribution in [2.24, 2.45) is 0 Å². The smallest absolute Gasteiger partial charge is 0.271 e. The Labute approximate surface area is 131 Å². The minimum absolute atomic E-state index is 0.202. The van der Waals surface area contributed by atoms with Crippen LogP contribution in [0.15, 0.2) is 46.2 Å². The Morgan fingerprint density at radius 2 is 2.05 bits per heavy atom. The van der Waals surface area contributed by atoms with Crippen molar-refractivity contribution in [2.45, 2.75) is 13.5 Å². The molecule has 0 aliphatic carbocycles. The standard InChI is InChI=1S/C16H14N2O3S/c1-10-2-7-14(21-10)16-18-13(9-22-16)15(20)17-8-11-3-5-12(19)6-4-11/h2-7,9,19H,8H2,1H3,(H,17,20).